The minimum atomic E-state index is -0.351. The topological polar surface area (TPSA) is 38.3 Å². The van der Waals surface area contributed by atoms with Gasteiger partial charge in [0.15, 0.2) is 0 Å². The molecule has 0 heterocycles. The lowest BCUT2D eigenvalue weighted by Gasteiger charge is -2.35. The Labute approximate surface area is 158 Å². The molecule has 0 aromatic heterocycles. The molecule has 0 atom stereocenters. The number of quaternary nitrogens is 1. The highest BCUT2D eigenvalue weighted by Gasteiger charge is 2.26. The molecular weight excluding hydrogens is 403 g/mol. The number of halogens is 1. The summed E-state index contributed by atoms with van der Waals surface area (Å²) in [7, 11) is 2.25. The fraction of sp³-hybridized carbons (Fsp3) is 0.611. The number of carbonyl (C=O) groups excluding carboxylic acids is 1. The summed E-state index contributed by atoms with van der Waals surface area (Å²) >= 11 is 0. The van der Waals surface area contributed by atoms with Crippen LogP contribution in [-0.2, 0) is 11.3 Å². The first-order valence-corrected chi connectivity index (χ1v) is 8.12. The van der Waals surface area contributed by atoms with Crippen LogP contribution < -0.4 is 29.3 Å². The van der Waals surface area contributed by atoms with Crippen molar-refractivity contribution in [2.45, 2.75) is 46.3 Å². The van der Waals surface area contributed by atoms with Crippen molar-refractivity contribution in [1.82, 2.24) is 5.32 Å². The number of nitrogens with zero attached hydrogens (tertiary/aromatic N) is 1. The van der Waals surface area contributed by atoms with E-state index in [1.165, 1.54) is 0 Å². The second kappa shape index (κ2) is 10.1. The van der Waals surface area contributed by atoms with Gasteiger partial charge in [-0.1, -0.05) is 30.3 Å². The van der Waals surface area contributed by atoms with Gasteiger partial charge in [-0.05, 0) is 33.3 Å². The number of carbonyl (C=O) groups is 1. The summed E-state index contributed by atoms with van der Waals surface area (Å²) in [6.45, 7) is 12.1. The zero-order chi connectivity index (χ0) is 16.6. The number of hydrogen-bond acceptors (Lipinski definition) is 2. The van der Waals surface area contributed by atoms with Crippen LogP contribution in [0.1, 0.15) is 39.7 Å². The van der Waals surface area contributed by atoms with Crippen molar-refractivity contribution in [2.24, 2.45) is 0 Å². The standard InChI is InChI=1S/C18H30N2O2.HI/c1-6-20(5,7-2)14-13-18(3,4)19-17(21)22-15-16-11-9-8-10-12-16;/h8-12H,6-7,13-15H2,1-5H3;1H. The van der Waals surface area contributed by atoms with Crippen molar-refractivity contribution in [3.05, 3.63) is 35.9 Å². The number of amides is 1. The summed E-state index contributed by atoms with van der Waals surface area (Å²) in [6.07, 6.45) is 0.571. The van der Waals surface area contributed by atoms with Crippen LogP contribution in [0.25, 0.3) is 0 Å². The Kier molecular flexibility index (Phi) is 9.77. The lowest BCUT2D eigenvalue weighted by atomic mass is 10.00. The first-order valence-electron chi connectivity index (χ1n) is 8.12. The zero-order valence-corrected chi connectivity index (χ0v) is 17.2. The molecule has 0 aliphatic rings. The summed E-state index contributed by atoms with van der Waals surface area (Å²) in [4.78, 5) is 12.0. The molecule has 0 spiro atoms. The second-order valence-electron chi connectivity index (χ2n) is 6.80. The number of benzene rings is 1. The minimum absolute atomic E-state index is 0. The average Bonchev–Trinajstić information content (AvgIpc) is 2.51. The third-order valence-corrected chi connectivity index (χ3v) is 4.46. The highest BCUT2D eigenvalue weighted by Crippen LogP contribution is 2.14. The van der Waals surface area contributed by atoms with Gasteiger partial charge in [-0.3, -0.25) is 0 Å². The first kappa shape index (κ1) is 22.2. The Morgan fingerprint density at radius 2 is 1.74 bits per heavy atom. The number of nitrogens with one attached hydrogen (secondary N) is 1. The second-order valence-corrected chi connectivity index (χ2v) is 6.80. The number of rotatable bonds is 8. The van der Waals surface area contributed by atoms with Gasteiger partial charge in [-0.15, -0.1) is 0 Å². The van der Waals surface area contributed by atoms with Crippen LogP contribution in [-0.4, -0.2) is 42.8 Å². The Morgan fingerprint density at radius 3 is 2.26 bits per heavy atom. The number of hydrogen-bond donors (Lipinski definition) is 1. The molecule has 4 nitrogen and oxygen atoms in total. The van der Waals surface area contributed by atoms with Crippen molar-refractivity contribution in [3.8, 4) is 0 Å². The van der Waals surface area contributed by atoms with Crippen molar-refractivity contribution in [1.29, 1.82) is 0 Å². The monoisotopic (exact) mass is 434 g/mol. The zero-order valence-electron chi connectivity index (χ0n) is 15.1. The number of alkyl carbamates (subject to hydrolysis) is 1. The fourth-order valence-corrected chi connectivity index (χ4v) is 2.19. The summed E-state index contributed by atoms with van der Waals surface area (Å²) < 4.78 is 6.31. The molecule has 0 unspecified atom stereocenters. The van der Waals surface area contributed by atoms with E-state index in [4.69, 9.17) is 4.74 Å². The summed E-state index contributed by atoms with van der Waals surface area (Å²) in [5.74, 6) is 0. The SMILES string of the molecule is CC[N+](C)(CC)CCC(C)(C)NC(=O)OCc1ccccc1.[I-]. The summed E-state index contributed by atoms with van der Waals surface area (Å²) in [5.41, 5.74) is 0.731. The van der Waals surface area contributed by atoms with Crippen LogP contribution in [0.15, 0.2) is 30.3 Å². The molecule has 0 saturated heterocycles. The first-order chi connectivity index (χ1) is 10.3. The molecule has 0 radical (unpaired) electrons. The molecule has 5 heteroatoms. The summed E-state index contributed by atoms with van der Waals surface area (Å²) in [6, 6.07) is 9.72. The van der Waals surface area contributed by atoms with E-state index in [-0.39, 0.29) is 35.6 Å². The minimum Gasteiger partial charge on any atom is -1.00 e. The Balaban J connectivity index is 0.00000484. The fourth-order valence-electron chi connectivity index (χ4n) is 2.19. The molecule has 0 bridgehead atoms. The van der Waals surface area contributed by atoms with E-state index in [0.29, 0.717) is 6.61 Å². The van der Waals surface area contributed by atoms with Gasteiger partial charge < -0.3 is 38.5 Å². The predicted molar refractivity (Wildman–Crippen MR) is 90.6 cm³/mol. The average molecular weight is 434 g/mol. The van der Waals surface area contributed by atoms with Crippen LogP contribution in [0, 0.1) is 0 Å². The Morgan fingerprint density at radius 1 is 1.17 bits per heavy atom. The quantitative estimate of drug-likeness (QED) is 0.480. The lowest BCUT2D eigenvalue weighted by Crippen LogP contribution is -3.00. The molecule has 1 rings (SSSR count). The van der Waals surface area contributed by atoms with E-state index in [9.17, 15) is 4.79 Å². The van der Waals surface area contributed by atoms with E-state index in [0.717, 1.165) is 36.1 Å². The van der Waals surface area contributed by atoms with Crippen molar-refractivity contribution < 1.29 is 38.0 Å². The van der Waals surface area contributed by atoms with Gasteiger partial charge in [0.2, 0.25) is 0 Å². The van der Waals surface area contributed by atoms with Gasteiger partial charge >= 0.3 is 6.09 Å². The largest absolute Gasteiger partial charge is 1.00 e. The van der Waals surface area contributed by atoms with Gasteiger partial charge in [0.25, 0.3) is 0 Å². The molecule has 0 aliphatic carbocycles. The van der Waals surface area contributed by atoms with Gasteiger partial charge in [-0.2, -0.15) is 0 Å². The van der Waals surface area contributed by atoms with Crippen LogP contribution in [0.3, 0.4) is 0 Å². The number of ether oxygens (including phenoxy) is 1. The maximum Gasteiger partial charge on any atom is 0.407 e. The summed E-state index contributed by atoms with van der Waals surface area (Å²) in [5, 5.41) is 2.98. The third-order valence-electron chi connectivity index (χ3n) is 4.46. The molecule has 1 N–H and O–H groups in total. The molecule has 1 aromatic rings. The molecule has 0 aliphatic heterocycles. The molecule has 1 amide bonds. The molecule has 132 valence electrons. The van der Waals surface area contributed by atoms with Gasteiger partial charge in [0, 0.05) is 12.0 Å². The normalized spacial score (nSPS) is 11.5. The van der Waals surface area contributed by atoms with Crippen LogP contribution >= 0.6 is 0 Å². The lowest BCUT2D eigenvalue weighted by molar-refractivity contribution is -0.906. The smallest absolute Gasteiger partial charge is 0.407 e. The van der Waals surface area contributed by atoms with E-state index >= 15 is 0 Å². The van der Waals surface area contributed by atoms with E-state index in [2.05, 4.69) is 26.2 Å². The maximum atomic E-state index is 12.0. The highest BCUT2D eigenvalue weighted by atomic mass is 127. The predicted octanol–water partition coefficient (Wildman–Crippen LogP) is 0.572. The van der Waals surface area contributed by atoms with E-state index in [1.54, 1.807) is 0 Å². The maximum absolute atomic E-state index is 12.0. The molecule has 0 fully saturated rings. The van der Waals surface area contributed by atoms with Crippen LogP contribution in [0.2, 0.25) is 0 Å². The van der Waals surface area contributed by atoms with Gasteiger partial charge in [0.05, 0.1) is 26.7 Å². The van der Waals surface area contributed by atoms with Crippen molar-refractivity contribution >= 4 is 6.09 Å². The van der Waals surface area contributed by atoms with Crippen LogP contribution in [0.4, 0.5) is 4.79 Å². The van der Waals surface area contributed by atoms with Gasteiger partial charge in [-0.25, -0.2) is 4.79 Å². The van der Waals surface area contributed by atoms with E-state index < -0.39 is 0 Å². The third kappa shape index (κ3) is 8.55. The van der Waals surface area contributed by atoms with Gasteiger partial charge in [0.1, 0.15) is 6.61 Å². The van der Waals surface area contributed by atoms with Crippen LogP contribution in [0.5, 0.6) is 0 Å². The van der Waals surface area contributed by atoms with Crippen molar-refractivity contribution in [3.63, 3.8) is 0 Å². The molecule has 23 heavy (non-hydrogen) atoms. The Hall–Kier alpha value is -0.820. The van der Waals surface area contributed by atoms with Crippen molar-refractivity contribution in [2.75, 3.05) is 26.7 Å². The molecular formula is C18H31IN2O2. The Bertz CT molecular complexity index is 459. The molecule has 1 aromatic carbocycles. The highest BCUT2D eigenvalue weighted by molar-refractivity contribution is 5.68. The van der Waals surface area contributed by atoms with E-state index in [1.807, 2.05) is 44.2 Å². The molecule has 0 saturated carbocycles.